The van der Waals surface area contributed by atoms with Crippen LogP contribution in [0.25, 0.3) is 16.9 Å². The molecule has 13 heteroatoms. The molecule has 3 aromatic rings. The Bertz CT molecular complexity index is 1430. The van der Waals surface area contributed by atoms with Gasteiger partial charge in [-0.2, -0.15) is 9.97 Å². The predicted octanol–water partition coefficient (Wildman–Crippen LogP) is 2.69. The summed E-state index contributed by atoms with van der Waals surface area (Å²) in [6.45, 7) is 4.11. The summed E-state index contributed by atoms with van der Waals surface area (Å²) in [4.78, 5) is 43.8. The Morgan fingerprint density at radius 1 is 1.10 bits per heavy atom. The van der Waals surface area contributed by atoms with Crippen molar-refractivity contribution in [2.75, 3.05) is 64.5 Å². The molecule has 218 valence electrons. The molecule has 3 fully saturated rings. The fourth-order valence-electron chi connectivity index (χ4n) is 5.77. The third-order valence-electron chi connectivity index (χ3n) is 8.02. The number of aromatic nitrogens is 4. The van der Waals surface area contributed by atoms with Crippen LogP contribution in [0.4, 0.5) is 14.7 Å². The molecule has 3 saturated heterocycles. The van der Waals surface area contributed by atoms with Crippen molar-refractivity contribution in [3.63, 3.8) is 0 Å². The number of fused-ring (bicyclic) bond motifs is 1. The summed E-state index contributed by atoms with van der Waals surface area (Å²) in [5.74, 6) is 0.571. The maximum atomic E-state index is 14.1. The van der Waals surface area contributed by atoms with Gasteiger partial charge in [0.1, 0.15) is 5.82 Å². The number of imidazole rings is 1. The number of carbonyl (C=O) groups excluding carboxylic acids is 2. The second-order valence-electron chi connectivity index (χ2n) is 10.8. The Kier molecular flexibility index (Phi) is 7.69. The largest absolute Gasteiger partial charge is 0.477 e. The zero-order valence-corrected chi connectivity index (χ0v) is 22.9. The van der Waals surface area contributed by atoms with Crippen molar-refractivity contribution < 1.29 is 27.8 Å². The van der Waals surface area contributed by atoms with Crippen LogP contribution in [0.1, 0.15) is 31.5 Å². The molecule has 6 rings (SSSR count). The normalized spacial score (nSPS) is 21.8. The number of para-hydroxylation sites is 2. The predicted molar refractivity (Wildman–Crippen MR) is 145 cm³/mol. The summed E-state index contributed by atoms with van der Waals surface area (Å²) in [6.07, 6.45) is -1.05. The summed E-state index contributed by atoms with van der Waals surface area (Å²) in [6, 6.07) is 8.51. The Balaban J connectivity index is 1.22. The van der Waals surface area contributed by atoms with Gasteiger partial charge >= 0.3 is 0 Å². The second-order valence-corrected chi connectivity index (χ2v) is 10.8. The summed E-state index contributed by atoms with van der Waals surface area (Å²) in [5, 5.41) is 0. The number of piperidine rings is 1. The molecular formula is C28H33F2N7O4. The lowest BCUT2D eigenvalue weighted by atomic mass is 9.96. The Labute approximate surface area is 236 Å². The highest BCUT2D eigenvalue weighted by Gasteiger charge is 2.35. The van der Waals surface area contributed by atoms with E-state index in [2.05, 4.69) is 15.0 Å². The number of carbonyl (C=O) groups is 2. The smallest absolute Gasteiger partial charge is 0.296 e. The van der Waals surface area contributed by atoms with Crippen molar-refractivity contribution in [1.29, 1.82) is 0 Å². The van der Waals surface area contributed by atoms with E-state index in [4.69, 9.17) is 9.47 Å². The zero-order valence-electron chi connectivity index (χ0n) is 22.9. The molecule has 41 heavy (non-hydrogen) atoms. The third kappa shape index (κ3) is 5.67. The van der Waals surface area contributed by atoms with Crippen LogP contribution in [0, 0.1) is 11.8 Å². The Hall–Kier alpha value is -3.87. The average molecular weight is 570 g/mol. The molecule has 2 amide bonds. The van der Waals surface area contributed by atoms with Gasteiger partial charge in [-0.1, -0.05) is 12.1 Å². The fraction of sp³-hybridized carbons (Fsp3) is 0.536. The molecule has 0 radical (unpaired) electrons. The number of alkyl halides is 2. The van der Waals surface area contributed by atoms with E-state index < -0.39 is 12.2 Å². The van der Waals surface area contributed by atoms with Gasteiger partial charge in [0.15, 0.2) is 5.82 Å². The maximum Gasteiger partial charge on any atom is 0.296 e. The van der Waals surface area contributed by atoms with Crippen molar-refractivity contribution in [2.45, 2.75) is 25.7 Å². The van der Waals surface area contributed by atoms with Crippen molar-refractivity contribution in [3.05, 3.63) is 36.2 Å². The van der Waals surface area contributed by atoms with Crippen LogP contribution in [0.5, 0.6) is 5.88 Å². The lowest BCUT2D eigenvalue weighted by molar-refractivity contribution is -0.141. The third-order valence-corrected chi connectivity index (χ3v) is 8.02. The van der Waals surface area contributed by atoms with E-state index in [1.165, 1.54) is 4.57 Å². The Morgan fingerprint density at radius 2 is 1.90 bits per heavy atom. The van der Waals surface area contributed by atoms with Gasteiger partial charge in [-0.25, -0.2) is 13.8 Å². The van der Waals surface area contributed by atoms with Crippen LogP contribution in [-0.4, -0.2) is 101 Å². The molecule has 3 aliphatic heterocycles. The number of nitrogens with zero attached hydrogens (tertiary/aromatic N) is 7. The van der Waals surface area contributed by atoms with E-state index in [0.29, 0.717) is 82.4 Å². The molecule has 0 saturated carbocycles. The number of likely N-dealkylation sites (tertiary alicyclic amines) is 2. The monoisotopic (exact) mass is 569 g/mol. The van der Waals surface area contributed by atoms with Crippen LogP contribution in [0.3, 0.4) is 0 Å². The molecular weight excluding hydrogens is 536 g/mol. The van der Waals surface area contributed by atoms with Crippen LogP contribution in [-0.2, 0) is 14.3 Å². The van der Waals surface area contributed by atoms with E-state index in [9.17, 15) is 18.4 Å². The molecule has 11 nitrogen and oxygen atoms in total. The number of hydrogen-bond donors (Lipinski definition) is 0. The minimum absolute atomic E-state index is 0.0757. The van der Waals surface area contributed by atoms with Crippen molar-refractivity contribution in [1.82, 2.24) is 29.3 Å². The molecule has 2 atom stereocenters. The van der Waals surface area contributed by atoms with Gasteiger partial charge < -0.3 is 24.2 Å². The first-order valence-electron chi connectivity index (χ1n) is 14.0. The molecule has 1 unspecified atom stereocenters. The molecule has 5 heterocycles. The van der Waals surface area contributed by atoms with E-state index in [0.717, 1.165) is 6.42 Å². The van der Waals surface area contributed by atoms with Crippen LogP contribution < -0.4 is 9.64 Å². The number of benzene rings is 1. The van der Waals surface area contributed by atoms with Gasteiger partial charge in [0, 0.05) is 58.2 Å². The second kappa shape index (κ2) is 11.6. The quantitative estimate of drug-likeness (QED) is 0.428. The number of amides is 2. The molecule has 0 bridgehead atoms. The van der Waals surface area contributed by atoms with Crippen molar-refractivity contribution in [3.8, 4) is 11.7 Å². The molecule has 0 aliphatic carbocycles. The number of hydrogen-bond acceptors (Lipinski definition) is 8. The molecule has 0 spiro atoms. The molecule has 1 aromatic carbocycles. The zero-order chi connectivity index (χ0) is 28.5. The lowest BCUT2D eigenvalue weighted by Gasteiger charge is -2.31. The number of morpholine rings is 1. The lowest BCUT2D eigenvalue weighted by Crippen LogP contribution is -2.45. The number of ether oxygens (including phenoxy) is 2. The number of halogens is 2. The maximum absolute atomic E-state index is 14.1. The van der Waals surface area contributed by atoms with Crippen LogP contribution in [0.15, 0.2) is 30.3 Å². The van der Waals surface area contributed by atoms with Gasteiger partial charge in [-0.05, 0) is 25.0 Å². The minimum Gasteiger partial charge on any atom is -0.477 e. The fourth-order valence-corrected chi connectivity index (χ4v) is 5.77. The highest BCUT2D eigenvalue weighted by atomic mass is 19.3. The highest BCUT2D eigenvalue weighted by molar-refractivity contribution is 5.84. The summed E-state index contributed by atoms with van der Waals surface area (Å²) < 4.78 is 41.2. The van der Waals surface area contributed by atoms with Crippen molar-refractivity contribution >= 4 is 28.8 Å². The average Bonchev–Trinajstić information content (AvgIpc) is 3.63. The first kappa shape index (κ1) is 27.3. The van der Waals surface area contributed by atoms with Gasteiger partial charge in [-0.3, -0.25) is 14.2 Å². The first-order chi connectivity index (χ1) is 19.9. The minimum atomic E-state index is -2.81. The summed E-state index contributed by atoms with van der Waals surface area (Å²) >= 11 is 0. The van der Waals surface area contributed by atoms with E-state index in [-0.39, 0.29) is 35.3 Å². The molecule has 3 aliphatic rings. The SMILES string of the molecule is CN1CC(C(=O)N2CC[C@H](COc3cc(-n4c(C(F)F)nc5ccccc54)nc(N4CCOCC4)n3)C2)CCC1=O. The van der Waals surface area contributed by atoms with Crippen LogP contribution >= 0.6 is 0 Å². The van der Waals surface area contributed by atoms with Crippen molar-refractivity contribution in [2.24, 2.45) is 11.8 Å². The number of rotatable bonds is 7. The van der Waals surface area contributed by atoms with E-state index in [1.807, 2.05) is 9.80 Å². The van der Waals surface area contributed by atoms with Gasteiger partial charge in [-0.15, -0.1) is 0 Å². The van der Waals surface area contributed by atoms with Gasteiger partial charge in [0.2, 0.25) is 23.6 Å². The molecule has 0 N–H and O–H groups in total. The highest BCUT2D eigenvalue weighted by Crippen LogP contribution is 2.30. The van der Waals surface area contributed by atoms with E-state index in [1.54, 1.807) is 42.3 Å². The topological polar surface area (TPSA) is 106 Å². The number of anilines is 1. The van der Waals surface area contributed by atoms with E-state index >= 15 is 0 Å². The van der Waals surface area contributed by atoms with Gasteiger partial charge in [0.05, 0.1) is 36.8 Å². The standard InChI is InChI=1S/C28H33F2N7O4/c1-34-16-19(6-7-24(34)38)27(39)36-9-8-18(15-36)17-41-23-14-22(32-28(33-23)35-10-12-40-13-11-35)37-21-5-3-2-4-20(21)31-26(37)25(29)30/h2-5,14,18-19,25H,6-13,15-17H2,1H3/t18-,19?/m0/s1. The summed E-state index contributed by atoms with van der Waals surface area (Å²) in [7, 11) is 1.74. The van der Waals surface area contributed by atoms with Crippen LogP contribution in [0.2, 0.25) is 0 Å². The van der Waals surface area contributed by atoms with Gasteiger partial charge in [0.25, 0.3) is 6.43 Å². The molecule has 2 aromatic heterocycles. The summed E-state index contributed by atoms with van der Waals surface area (Å²) in [5.41, 5.74) is 0.960. The Morgan fingerprint density at radius 3 is 2.68 bits per heavy atom. The first-order valence-corrected chi connectivity index (χ1v) is 14.0.